The van der Waals surface area contributed by atoms with Crippen LogP contribution in [0.5, 0.6) is 11.5 Å². The van der Waals surface area contributed by atoms with E-state index in [1.54, 1.807) is 25.3 Å². The van der Waals surface area contributed by atoms with Crippen molar-refractivity contribution >= 4 is 28.4 Å². The van der Waals surface area contributed by atoms with Crippen LogP contribution in [0.25, 0.3) is 10.9 Å². The first-order chi connectivity index (χ1) is 17.5. The molecule has 0 bridgehead atoms. The summed E-state index contributed by atoms with van der Waals surface area (Å²) in [5.41, 5.74) is -1.00. The Morgan fingerprint density at radius 3 is 2.59 bits per heavy atom. The lowest BCUT2D eigenvalue weighted by Crippen LogP contribution is -2.57. The van der Waals surface area contributed by atoms with Crippen LogP contribution in [0.15, 0.2) is 47.3 Å². The zero-order chi connectivity index (χ0) is 27.0. The second-order valence-electron chi connectivity index (χ2n) is 10.1. The average molecular weight is 528 g/mol. The predicted octanol–water partition coefficient (Wildman–Crippen LogP) is 3.78. The van der Waals surface area contributed by atoms with Crippen molar-refractivity contribution in [1.82, 2.24) is 15.2 Å². The van der Waals surface area contributed by atoms with Gasteiger partial charge in [0.1, 0.15) is 11.5 Å². The Kier molecular flexibility index (Phi) is 7.55. The van der Waals surface area contributed by atoms with E-state index in [0.717, 1.165) is 5.56 Å². The van der Waals surface area contributed by atoms with Gasteiger partial charge in [-0.2, -0.15) is 0 Å². The van der Waals surface area contributed by atoms with Crippen LogP contribution in [0.3, 0.4) is 0 Å². The molecule has 3 atom stereocenters. The molecule has 2 aromatic carbocycles. The molecule has 1 aliphatic carbocycles. The molecule has 8 nitrogen and oxygen atoms in total. The lowest BCUT2D eigenvalue weighted by atomic mass is 9.62. The molecule has 4 rings (SSSR count). The Morgan fingerprint density at radius 2 is 1.95 bits per heavy atom. The van der Waals surface area contributed by atoms with Crippen LogP contribution < -0.4 is 20.3 Å². The van der Waals surface area contributed by atoms with Crippen molar-refractivity contribution in [2.45, 2.75) is 37.3 Å². The Morgan fingerprint density at radius 1 is 1.19 bits per heavy atom. The standard InChI is InChI=1S/C28H34ClN3O5/c1-17(33)31-27(24-25(37-5)22-10-9-20(29)14-23(22)30-26(24)34)11-12-28(35,19(15-27)16-32(2)3)18-7-6-8-21(13-18)36-4/h6-10,13-14,19,35H,11-12,15-16H2,1-5H3,(H,30,34)(H,31,33). The molecule has 1 fully saturated rings. The zero-order valence-electron chi connectivity index (χ0n) is 21.9. The largest absolute Gasteiger partial charge is 0.497 e. The van der Waals surface area contributed by atoms with Gasteiger partial charge in [-0.05, 0) is 69.3 Å². The maximum absolute atomic E-state index is 13.6. The minimum absolute atomic E-state index is 0.270. The lowest BCUT2D eigenvalue weighted by Gasteiger charge is -2.50. The van der Waals surface area contributed by atoms with Crippen LogP contribution in [0.4, 0.5) is 0 Å². The number of carbonyl (C=O) groups is 1. The van der Waals surface area contributed by atoms with Crippen molar-refractivity contribution in [2.24, 2.45) is 5.92 Å². The molecule has 3 N–H and O–H groups in total. The van der Waals surface area contributed by atoms with E-state index in [0.29, 0.717) is 58.8 Å². The fourth-order valence-electron chi connectivity index (χ4n) is 5.86. The highest BCUT2D eigenvalue weighted by molar-refractivity contribution is 6.31. The summed E-state index contributed by atoms with van der Waals surface area (Å²) in [6.07, 6.45) is 0.944. The number of rotatable bonds is 7. The quantitative estimate of drug-likeness (QED) is 0.432. The number of hydrogen-bond acceptors (Lipinski definition) is 6. The highest BCUT2D eigenvalue weighted by Crippen LogP contribution is 2.51. The van der Waals surface area contributed by atoms with Crippen molar-refractivity contribution < 1.29 is 19.4 Å². The Balaban J connectivity index is 1.91. The van der Waals surface area contributed by atoms with Crippen LogP contribution in [-0.2, 0) is 15.9 Å². The van der Waals surface area contributed by atoms with E-state index in [1.165, 1.54) is 14.0 Å². The number of methoxy groups -OCH3 is 2. The molecular weight excluding hydrogens is 494 g/mol. The van der Waals surface area contributed by atoms with Crippen LogP contribution in [0.1, 0.15) is 37.3 Å². The number of pyridine rings is 1. The molecule has 3 unspecified atom stereocenters. The summed E-state index contributed by atoms with van der Waals surface area (Å²) >= 11 is 6.17. The zero-order valence-corrected chi connectivity index (χ0v) is 22.6. The third kappa shape index (κ3) is 5.06. The van der Waals surface area contributed by atoms with Gasteiger partial charge < -0.3 is 29.8 Å². The number of hydrogen-bond donors (Lipinski definition) is 3. The second-order valence-corrected chi connectivity index (χ2v) is 10.6. The number of H-pyrrole nitrogens is 1. The average Bonchev–Trinajstić information content (AvgIpc) is 2.84. The fraction of sp³-hybridized carbons (Fsp3) is 0.429. The first kappa shape index (κ1) is 27.0. The Hall–Kier alpha value is -3.07. The monoisotopic (exact) mass is 527 g/mol. The third-order valence-electron chi connectivity index (χ3n) is 7.38. The number of ether oxygens (including phenoxy) is 2. The van der Waals surface area contributed by atoms with Gasteiger partial charge in [0.05, 0.1) is 36.4 Å². The molecule has 0 spiro atoms. The van der Waals surface area contributed by atoms with Crippen molar-refractivity contribution in [3.63, 3.8) is 0 Å². The molecule has 1 aromatic heterocycles. The van der Waals surface area contributed by atoms with E-state index in [2.05, 4.69) is 10.3 Å². The molecule has 1 amide bonds. The van der Waals surface area contributed by atoms with E-state index in [-0.39, 0.29) is 17.4 Å². The van der Waals surface area contributed by atoms with E-state index in [1.807, 2.05) is 43.3 Å². The minimum Gasteiger partial charge on any atom is -0.497 e. The molecular formula is C28H34ClN3O5. The third-order valence-corrected chi connectivity index (χ3v) is 7.62. The molecule has 9 heteroatoms. The summed E-state index contributed by atoms with van der Waals surface area (Å²) in [7, 11) is 6.98. The van der Waals surface area contributed by atoms with Crippen LogP contribution in [-0.4, -0.2) is 55.8 Å². The summed E-state index contributed by atoms with van der Waals surface area (Å²) in [4.78, 5) is 31.2. The SMILES string of the molecule is COc1cccc(C2(O)CCC(NC(C)=O)(c3c(OC)c4ccc(Cl)cc4[nH]c3=O)CC2CN(C)C)c1. The predicted molar refractivity (Wildman–Crippen MR) is 144 cm³/mol. The highest BCUT2D eigenvalue weighted by Gasteiger charge is 2.52. The van der Waals surface area contributed by atoms with E-state index >= 15 is 0 Å². The molecule has 3 aromatic rings. The lowest BCUT2D eigenvalue weighted by molar-refractivity contribution is -0.126. The van der Waals surface area contributed by atoms with Crippen molar-refractivity contribution in [2.75, 3.05) is 34.9 Å². The van der Waals surface area contributed by atoms with Gasteiger partial charge in [0.15, 0.2) is 0 Å². The van der Waals surface area contributed by atoms with Crippen molar-refractivity contribution in [1.29, 1.82) is 0 Å². The van der Waals surface area contributed by atoms with E-state index in [9.17, 15) is 14.7 Å². The molecule has 0 radical (unpaired) electrons. The number of halogens is 1. The summed E-state index contributed by atoms with van der Waals surface area (Å²) in [6, 6.07) is 12.6. The van der Waals surface area contributed by atoms with Gasteiger partial charge in [-0.1, -0.05) is 23.7 Å². The normalized spacial score (nSPS) is 23.7. The molecule has 1 aliphatic rings. The van der Waals surface area contributed by atoms with E-state index < -0.39 is 11.1 Å². The second kappa shape index (κ2) is 10.4. The van der Waals surface area contributed by atoms with Crippen LogP contribution >= 0.6 is 11.6 Å². The van der Waals surface area contributed by atoms with Gasteiger partial charge in [-0.3, -0.25) is 9.59 Å². The van der Waals surface area contributed by atoms with Gasteiger partial charge in [-0.25, -0.2) is 0 Å². The number of aromatic nitrogens is 1. The Labute approximate surface area is 221 Å². The van der Waals surface area contributed by atoms with Gasteiger partial charge >= 0.3 is 0 Å². The number of carbonyl (C=O) groups excluding carboxylic acids is 1. The van der Waals surface area contributed by atoms with Gasteiger partial charge in [0, 0.05) is 29.8 Å². The Bertz CT molecular complexity index is 1370. The molecule has 1 saturated carbocycles. The summed E-state index contributed by atoms with van der Waals surface area (Å²) < 4.78 is 11.2. The maximum atomic E-state index is 13.6. The highest BCUT2D eigenvalue weighted by atomic mass is 35.5. The summed E-state index contributed by atoms with van der Waals surface area (Å²) in [6.45, 7) is 1.96. The number of amides is 1. The first-order valence-electron chi connectivity index (χ1n) is 12.2. The number of aliphatic hydroxyl groups is 1. The van der Waals surface area contributed by atoms with Crippen LogP contribution in [0.2, 0.25) is 5.02 Å². The topological polar surface area (TPSA) is 104 Å². The van der Waals surface area contributed by atoms with Crippen molar-refractivity contribution in [3.05, 3.63) is 69.0 Å². The minimum atomic E-state index is -1.20. The molecule has 37 heavy (non-hydrogen) atoms. The van der Waals surface area contributed by atoms with E-state index in [4.69, 9.17) is 21.1 Å². The summed E-state index contributed by atoms with van der Waals surface area (Å²) in [5, 5.41) is 16.4. The summed E-state index contributed by atoms with van der Waals surface area (Å²) in [5.74, 6) is 0.437. The fourth-order valence-corrected chi connectivity index (χ4v) is 6.03. The smallest absolute Gasteiger partial charge is 0.257 e. The van der Waals surface area contributed by atoms with Gasteiger partial charge in [0.25, 0.3) is 5.56 Å². The number of nitrogens with one attached hydrogen (secondary N) is 2. The number of nitrogens with zero attached hydrogens (tertiary/aromatic N) is 1. The molecule has 0 saturated heterocycles. The number of benzene rings is 2. The number of aromatic amines is 1. The maximum Gasteiger partial charge on any atom is 0.257 e. The van der Waals surface area contributed by atoms with Crippen molar-refractivity contribution in [3.8, 4) is 11.5 Å². The molecule has 1 heterocycles. The van der Waals surface area contributed by atoms with Crippen LogP contribution in [0, 0.1) is 5.92 Å². The first-order valence-corrected chi connectivity index (χ1v) is 12.6. The van der Waals surface area contributed by atoms with Gasteiger partial charge in [-0.15, -0.1) is 0 Å². The molecule has 198 valence electrons. The number of fused-ring (bicyclic) bond motifs is 1. The van der Waals surface area contributed by atoms with Gasteiger partial charge in [0.2, 0.25) is 5.91 Å². The molecule has 0 aliphatic heterocycles.